The zero-order chi connectivity index (χ0) is 15.7. The lowest BCUT2D eigenvalue weighted by atomic mass is 10.0. The number of amides is 2. The number of hydrogen-bond acceptors (Lipinski definition) is 5. The third kappa shape index (κ3) is 2.99. The zero-order valence-corrected chi connectivity index (χ0v) is 12.8. The number of para-hydroxylation sites is 1. The molecule has 2 amide bonds. The molecule has 1 aromatic rings. The van der Waals surface area contributed by atoms with Crippen LogP contribution in [0.25, 0.3) is 0 Å². The van der Waals surface area contributed by atoms with E-state index in [4.69, 9.17) is 4.74 Å². The van der Waals surface area contributed by atoms with Crippen molar-refractivity contribution in [2.45, 2.75) is 30.7 Å². The Bertz CT molecular complexity index is 682. The molecule has 0 atom stereocenters. The molecule has 0 bridgehead atoms. The fourth-order valence-corrected chi connectivity index (χ4v) is 3.07. The number of rotatable bonds is 3. The predicted molar refractivity (Wildman–Crippen MR) is 77.7 cm³/mol. The van der Waals surface area contributed by atoms with Crippen LogP contribution in [0.2, 0.25) is 0 Å². The molecule has 1 aliphatic heterocycles. The fourth-order valence-electron chi connectivity index (χ4n) is 1.97. The average molecular weight is 311 g/mol. The van der Waals surface area contributed by atoms with E-state index in [1.165, 1.54) is 19.2 Å². The summed E-state index contributed by atoms with van der Waals surface area (Å²) in [5.41, 5.74) is -0.555. The molecule has 7 nitrogen and oxygen atoms in total. The molecule has 1 aromatic carbocycles. The smallest absolute Gasteiger partial charge is 0.352 e. The summed E-state index contributed by atoms with van der Waals surface area (Å²) >= 11 is 0. The minimum absolute atomic E-state index is 0.0955. The van der Waals surface area contributed by atoms with Crippen LogP contribution in [-0.2, 0) is 10.0 Å². The quantitative estimate of drug-likeness (QED) is 0.917. The normalized spacial score (nSPS) is 16.8. The van der Waals surface area contributed by atoms with Gasteiger partial charge in [0, 0.05) is 12.6 Å². The van der Waals surface area contributed by atoms with Crippen molar-refractivity contribution in [1.82, 2.24) is 9.73 Å². The van der Waals surface area contributed by atoms with Gasteiger partial charge < -0.3 is 4.74 Å². The number of ether oxygens (including phenoxy) is 1. The van der Waals surface area contributed by atoms with Crippen LogP contribution in [0.15, 0.2) is 34.3 Å². The van der Waals surface area contributed by atoms with Crippen molar-refractivity contribution in [3.8, 4) is 5.75 Å². The molecular formula is C13H17N3O4S. The van der Waals surface area contributed by atoms with E-state index in [9.17, 15) is 13.2 Å². The van der Waals surface area contributed by atoms with E-state index < -0.39 is 21.6 Å². The first-order valence-electron chi connectivity index (χ1n) is 6.30. The lowest BCUT2D eigenvalue weighted by Crippen LogP contribution is -2.47. The summed E-state index contributed by atoms with van der Waals surface area (Å²) in [7, 11) is -2.66. The number of benzene rings is 1. The Labute approximate surface area is 123 Å². The first kappa shape index (κ1) is 15.3. The number of nitrogens with one attached hydrogen (secondary N) is 1. The maximum absolute atomic E-state index is 12.3. The van der Waals surface area contributed by atoms with Crippen LogP contribution >= 0.6 is 0 Å². The van der Waals surface area contributed by atoms with Gasteiger partial charge in [-0.2, -0.15) is 5.10 Å². The van der Waals surface area contributed by atoms with E-state index in [1.807, 2.05) is 4.72 Å². The van der Waals surface area contributed by atoms with Crippen LogP contribution in [0, 0.1) is 0 Å². The standard InChI is InChI=1S/C13H17N3O4S/c1-13(2)8-9-14-16(13)12(17)15-21(18,19)11-7-5-4-6-10(11)20-3/h4-7,9H,8H2,1-3H3,(H,15,17). The minimum atomic E-state index is -4.03. The van der Waals surface area contributed by atoms with Gasteiger partial charge in [0.05, 0.1) is 12.6 Å². The van der Waals surface area contributed by atoms with Crippen LogP contribution in [0.4, 0.5) is 4.79 Å². The summed E-state index contributed by atoms with van der Waals surface area (Å²) in [6.45, 7) is 3.60. The van der Waals surface area contributed by atoms with Crippen LogP contribution in [-0.4, -0.2) is 38.3 Å². The summed E-state index contributed by atoms with van der Waals surface area (Å²) in [5.74, 6) is 0.169. The van der Waals surface area contributed by atoms with Crippen LogP contribution in [0.5, 0.6) is 5.75 Å². The lowest BCUT2D eigenvalue weighted by molar-refractivity contribution is 0.159. The molecule has 0 saturated heterocycles. The van der Waals surface area contributed by atoms with Gasteiger partial charge in [-0.1, -0.05) is 12.1 Å². The minimum Gasteiger partial charge on any atom is -0.495 e. The highest BCUT2D eigenvalue weighted by atomic mass is 32.2. The molecule has 0 spiro atoms. The fraction of sp³-hybridized carbons (Fsp3) is 0.385. The maximum Gasteiger partial charge on any atom is 0.352 e. The largest absolute Gasteiger partial charge is 0.495 e. The summed E-state index contributed by atoms with van der Waals surface area (Å²) in [5, 5.41) is 5.03. The Morgan fingerprint density at radius 2 is 2.05 bits per heavy atom. The second-order valence-electron chi connectivity index (χ2n) is 5.19. The second kappa shape index (κ2) is 5.36. The number of urea groups is 1. The summed E-state index contributed by atoms with van der Waals surface area (Å²) in [6.07, 6.45) is 2.14. The molecule has 1 heterocycles. The van der Waals surface area contributed by atoms with E-state index in [-0.39, 0.29) is 10.6 Å². The third-order valence-corrected chi connectivity index (χ3v) is 4.49. The van der Waals surface area contributed by atoms with E-state index in [1.54, 1.807) is 32.2 Å². The van der Waals surface area contributed by atoms with Gasteiger partial charge >= 0.3 is 6.03 Å². The van der Waals surface area contributed by atoms with Crippen LogP contribution in [0.1, 0.15) is 20.3 Å². The Morgan fingerprint density at radius 1 is 1.38 bits per heavy atom. The number of hydrazone groups is 1. The number of hydrogen-bond donors (Lipinski definition) is 1. The number of carbonyl (C=O) groups excluding carboxylic acids is 1. The number of sulfonamides is 1. The van der Waals surface area contributed by atoms with Crippen molar-refractivity contribution >= 4 is 22.3 Å². The van der Waals surface area contributed by atoms with Crippen LogP contribution < -0.4 is 9.46 Å². The molecule has 2 rings (SSSR count). The van der Waals surface area contributed by atoms with Crippen molar-refractivity contribution < 1.29 is 17.9 Å². The van der Waals surface area contributed by atoms with E-state index in [0.717, 1.165) is 5.01 Å². The van der Waals surface area contributed by atoms with Crippen molar-refractivity contribution in [3.63, 3.8) is 0 Å². The van der Waals surface area contributed by atoms with Crippen molar-refractivity contribution in [1.29, 1.82) is 0 Å². The SMILES string of the molecule is COc1ccccc1S(=O)(=O)NC(=O)N1N=CCC1(C)C. The predicted octanol–water partition coefficient (Wildman–Crippen LogP) is 1.56. The molecule has 1 N–H and O–H groups in total. The van der Waals surface area contributed by atoms with Crippen LogP contribution in [0.3, 0.4) is 0 Å². The average Bonchev–Trinajstić information content (AvgIpc) is 2.78. The molecule has 0 radical (unpaired) electrons. The summed E-state index contributed by atoms with van der Waals surface area (Å²) in [4.78, 5) is 12.0. The molecule has 0 aromatic heterocycles. The van der Waals surface area contributed by atoms with Gasteiger partial charge in [-0.25, -0.2) is 22.9 Å². The molecule has 0 aliphatic carbocycles. The third-order valence-electron chi connectivity index (χ3n) is 3.13. The van der Waals surface area contributed by atoms with Gasteiger partial charge in [0.15, 0.2) is 0 Å². The Balaban J connectivity index is 2.26. The number of methoxy groups -OCH3 is 1. The first-order chi connectivity index (χ1) is 9.78. The molecule has 8 heteroatoms. The van der Waals surface area contributed by atoms with E-state index >= 15 is 0 Å². The van der Waals surface area contributed by atoms with Crippen molar-refractivity contribution in [2.75, 3.05) is 7.11 Å². The molecule has 0 unspecified atom stereocenters. The molecular weight excluding hydrogens is 294 g/mol. The zero-order valence-electron chi connectivity index (χ0n) is 12.0. The molecule has 0 fully saturated rings. The summed E-state index contributed by atoms with van der Waals surface area (Å²) in [6, 6.07) is 5.29. The van der Waals surface area contributed by atoms with Gasteiger partial charge in [0.1, 0.15) is 10.6 Å². The second-order valence-corrected chi connectivity index (χ2v) is 6.84. The van der Waals surface area contributed by atoms with Crippen molar-refractivity contribution in [2.24, 2.45) is 5.10 Å². The van der Waals surface area contributed by atoms with Gasteiger partial charge in [0.25, 0.3) is 10.0 Å². The van der Waals surface area contributed by atoms with Gasteiger partial charge in [-0.3, -0.25) is 0 Å². The maximum atomic E-state index is 12.3. The van der Waals surface area contributed by atoms with Gasteiger partial charge in [-0.15, -0.1) is 0 Å². The van der Waals surface area contributed by atoms with E-state index in [0.29, 0.717) is 6.42 Å². The van der Waals surface area contributed by atoms with E-state index in [2.05, 4.69) is 5.10 Å². The highest BCUT2D eigenvalue weighted by molar-refractivity contribution is 7.90. The highest BCUT2D eigenvalue weighted by Gasteiger charge is 2.36. The Morgan fingerprint density at radius 3 is 2.62 bits per heavy atom. The number of nitrogens with zero attached hydrogens (tertiary/aromatic N) is 2. The highest BCUT2D eigenvalue weighted by Crippen LogP contribution is 2.25. The number of carbonyl (C=O) groups is 1. The summed E-state index contributed by atoms with van der Waals surface area (Å²) < 4.78 is 31.6. The van der Waals surface area contributed by atoms with Gasteiger partial charge in [-0.05, 0) is 26.0 Å². The topological polar surface area (TPSA) is 88.1 Å². The first-order valence-corrected chi connectivity index (χ1v) is 7.79. The molecule has 114 valence electrons. The van der Waals surface area contributed by atoms with Gasteiger partial charge in [0.2, 0.25) is 0 Å². The molecule has 0 saturated carbocycles. The lowest BCUT2D eigenvalue weighted by Gasteiger charge is -2.28. The molecule has 21 heavy (non-hydrogen) atoms. The Kier molecular flexibility index (Phi) is 3.91. The monoisotopic (exact) mass is 311 g/mol. The Hall–Kier alpha value is -2.09. The van der Waals surface area contributed by atoms with Crippen molar-refractivity contribution in [3.05, 3.63) is 24.3 Å². The molecule has 1 aliphatic rings.